The van der Waals surface area contributed by atoms with Gasteiger partial charge >= 0.3 is 7.60 Å². The van der Waals surface area contributed by atoms with Gasteiger partial charge in [0.05, 0.1) is 0 Å². The molecule has 0 bridgehead atoms. The molecule has 1 heterocycles. The van der Waals surface area contributed by atoms with Crippen molar-refractivity contribution in [3.05, 3.63) is 23.8 Å². The molecule has 1 aromatic rings. The van der Waals surface area contributed by atoms with Gasteiger partial charge < -0.3 is 9.79 Å². The van der Waals surface area contributed by atoms with E-state index in [1.807, 2.05) is 20.8 Å². The van der Waals surface area contributed by atoms with Gasteiger partial charge in [0.1, 0.15) is 11.1 Å². The highest BCUT2D eigenvalue weighted by Crippen LogP contribution is 2.48. The van der Waals surface area contributed by atoms with Crippen molar-refractivity contribution < 1.29 is 14.4 Å². The first-order valence-corrected chi connectivity index (χ1v) is 7.67. The van der Waals surface area contributed by atoms with Crippen LogP contribution in [0.25, 0.3) is 0 Å². The van der Waals surface area contributed by atoms with Crippen molar-refractivity contribution in [2.24, 2.45) is 0 Å². The molecule has 3 N–H and O–H groups in total. The van der Waals surface area contributed by atoms with Crippen LogP contribution in [0.3, 0.4) is 0 Å². The third-order valence-corrected chi connectivity index (χ3v) is 4.44. The van der Waals surface area contributed by atoms with Crippen molar-refractivity contribution in [1.29, 1.82) is 0 Å². The highest BCUT2D eigenvalue weighted by Gasteiger charge is 2.36. The van der Waals surface area contributed by atoms with E-state index in [0.29, 0.717) is 6.54 Å². The second kappa shape index (κ2) is 5.29. The number of nitrogens with zero attached hydrogens (tertiary/aromatic N) is 2. The van der Waals surface area contributed by atoms with Crippen LogP contribution in [-0.4, -0.2) is 25.0 Å². The molecular formula is C12H22N3O3P. The normalized spacial score (nSPS) is 13.6. The van der Waals surface area contributed by atoms with Gasteiger partial charge in [-0.05, 0) is 13.8 Å². The molecular weight excluding hydrogens is 265 g/mol. The molecule has 1 rings (SSSR count). The smallest absolute Gasteiger partial charge is 0.323 e. The van der Waals surface area contributed by atoms with Gasteiger partial charge in [-0.25, -0.2) is 9.97 Å². The van der Waals surface area contributed by atoms with E-state index < -0.39 is 12.9 Å². The Morgan fingerprint density at radius 2 is 1.63 bits per heavy atom. The molecule has 19 heavy (non-hydrogen) atoms. The lowest BCUT2D eigenvalue weighted by molar-refractivity contribution is 0.314. The van der Waals surface area contributed by atoms with Crippen LogP contribution in [0.4, 0.5) is 0 Å². The van der Waals surface area contributed by atoms with Crippen LogP contribution in [-0.2, 0) is 16.5 Å². The van der Waals surface area contributed by atoms with E-state index in [1.54, 1.807) is 12.4 Å². The van der Waals surface area contributed by atoms with Gasteiger partial charge in [0.25, 0.3) is 0 Å². The van der Waals surface area contributed by atoms with Crippen LogP contribution in [0.1, 0.15) is 46.0 Å². The predicted molar refractivity (Wildman–Crippen MR) is 73.7 cm³/mol. The van der Waals surface area contributed by atoms with Gasteiger partial charge in [-0.3, -0.25) is 9.88 Å². The number of aromatic nitrogens is 2. The minimum absolute atomic E-state index is 0.114. The van der Waals surface area contributed by atoms with Gasteiger partial charge in [0.2, 0.25) is 0 Å². The molecule has 0 radical (unpaired) electrons. The molecule has 0 aromatic carbocycles. The Morgan fingerprint density at radius 3 is 2.00 bits per heavy atom. The molecule has 0 saturated carbocycles. The number of hydrogen-bond donors (Lipinski definition) is 3. The number of rotatable bonds is 4. The topological polar surface area (TPSA) is 95.3 Å². The van der Waals surface area contributed by atoms with Crippen molar-refractivity contribution in [3.8, 4) is 0 Å². The van der Waals surface area contributed by atoms with Crippen molar-refractivity contribution in [2.75, 3.05) is 0 Å². The average Bonchev–Trinajstić information content (AvgIpc) is 2.24. The Bertz CT molecular complexity index is 474. The molecule has 0 aliphatic rings. The molecule has 7 heteroatoms. The summed E-state index contributed by atoms with van der Waals surface area (Å²) in [6, 6.07) is 0. The third kappa shape index (κ3) is 4.35. The van der Waals surface area contributed by atoms with Gasteiger partial charge in [-0.2, -0.15) is 0 Å². The largest absolute Gasteiger partial charge is 0.344 e. The molecule has 6 nitrogen and oxygen atoms in total. The summed E-state index contributed by atoms with van der Waals surface area (Å²) < 4.78 is 11.3. The predicted octanol–water partition coefficient (Wildman–Crippen LogP) is 1.78. The number of nitrogens with one attached hydrogen (secondary N) is 1. The number of hydrogen-bond acceptors (Lipinski definition) is 4. The third-order valence-electron chi connectivity index (χ3n) is 2.83. The molecule has 0 aliphatic carbocycles. The van der Waals surface area contributed by atoms with E-state index >= 15 is 0 Å². The zero-order valence-corrected chi connectivity index (χ0v) is 12.9. The van der Waals surface area contributed by atoms with Gasteiger partial charge in [-0.1, -0.05) is 20.8 Å². The molecule has 0 unspecified atom stereocenters. The first kappa shape index (κ1) is 16.2. The van der Waals surface area contributed by atoms with Crippen LogP contribution in [0.15, 0.2) is 12.4 Å². The van der Waals surface area contributed by atoms with E-state index in [2.05, 4.69) is 15.3 Å². The fraction of sp³-hybridized carbons (Fsp3) is 0.667. The van der Waals surface area contributed by atoms with E-state index in [0.717, 1.165) is 11.4 Å². The van der Waals surface area contributed by atoms with Crippen LogP contribution in [0, 0.1) is 0 Å². The fourth-order valence-electron chi connectivity index (χ4n) is 1.25. The monoisotopic (exact) mass is 287 g/mol. The summed E-state index contributed by atoms with van der Waals surface area (Å²) in [5.74, 6) is 0.741. The van der Waals surface area contributed by atoms with Crippen LogP contribution in [0.2, 0.25) is 0 Å². The van der Waals surface area contributed by atoms with Gasteiger partial charge in [0.15, 0.2) is 0 Å². The highest BCUT2D eigenvalue weighted by atomic mass is 31.2. The summed E-state index contributed by atoms with van der Waals surface area (Å²) in [5, 5.41) is 1.56. The van der Waals surface area contributed by atoms with E-state index in [4.69, 9.17) is 0 Å². The van der Waals surface area contributed by atoms with Crippen LogP contribution in [0.5, 0.6) is 0 Å². The minimum atomic E-state index is -4.19. The Kier molecular flexibility index (Phi) is 4.52. The maximum Gasteiger partial charge on any atom is 0.344 e. The summed E-state index contributed by atoms with van der Waals surface area (Å²) in [6.07, 6.45) is 3.35. The molecule has 0 saturated heterocycles. The lowest BCUT2D eigenvalue weighted by Crippen LogP contribution is -2.38. The van der Waals surface area contributed by atoms with Crippen molar-refractivity contribution >= 4 is 7.60 Å². The average molecular weight is 287 g/mol. The van der Waals surface area contributed by atoms with Gasteiger partial charge in [0, 0.05) is 29.9 Å². The molecule has 1 aromatic heterocycles. The van der Waals surface area contributed by atoms with E-state index in [9.17, 15) is 14.4 Å². The first-order chi connectivity index (χ1) is 8.43. The van der Waals surface area contributed by atoms with Crippen molar-refractivity contribution in [2.45, 2.75) is 51.9 Å². The maximum atomic E-state index is 11.3. The standard InChI is InChI=1S/C12H22N3O3P/c1-11(2,3)10-13-6-9(7-14-10)8-15-12(4,5)19(16,17)18/h6-7,15H,8H2,1-5H3,(H2,16,17,18). The Hall–Kier alpha value is -0.810. The molecule has 108 valence electrons. The quantitative estimate of drug-likeness (QED) is 0.731. The molecule has 0 aliphatic heterocycles. The van der Waals surface area contributed by atoms with E-state index in [-0.39, 0.29) is 5.41 Å². The zero-order chi connectivity index (χ0) is 14.9. The molecule has 0 fully saturated rings. The summed E-state index contributed by atoms with van der Waals surface area (Å²) in [6.45, 7) is 9.32. The summed E-state index contributed by atoms with van der Waals surface area (Å²) in [4.78, 5) is 26.9. The van der Waals surface area contributed by atoms with Crippen molar-refractivity contribution in [3.63, 3.8) is 0 Å². The lowest BCUT2D eigenvalue weighted by Gasteiger charge is -2.27. The Morgan fingerprint density at radius 1 is 1.16 bits per heavy atom. The molecule has 0 atom stereocenters. The summed E-state index contributed by atoms with van der Waals surface area (Å²) >= 11 is 0. The highest BCUT2D eigenvalue weighted by molar-refractivity contribution is 7.53. The second-order valence-corrected chi connectivity index (χ2v) is 8.33. The van der Waals surface area contributed by atoms with Crippen LogP contribution >= 0.6 is 7.60 Å². The Balaban J connectivity index is 2.73. The Labute approximate surface area is 113 Å². The maximum absolute atomic E-state index is 11.3. The SMILES string of the molecule is CC(C)(C)c1ncc(CNC(C)(C)P(=O)(O)O)cn1. The molecule has 0 spiro atoms. The first-order valence-electron chi connectivity index (χ1n) is 6.05. The second-order valence-electron chi connectivity index (χ2n) is 6.12. The van der Waals surface area contributed by atoms with Gasteiger partial charge in [-0.15, -0.1) is 0 Å². The zero-order valence-electron chi connectivity index (χ0n) is 12.0. The molecule has 0 amide bonds. The summed E-state index contributed by atoms with van der Waals surface area (Å²) in [5.41, 5.74) is 0.673. The lowest BCUT2D eigenvalue weighted by atomic mass is 9.96. The minimum Gasteiger partial charge on any atom is -0.323 e. The summed E-state index contributed by atoms with van der Waals surface area (Å²) in [7, 11) is -4.19. The fourth-order valence-corrected chi connectivity index (χ4v) is 1.54. The van der Waals surface area contributed by atoms with Crippen molar-refractivity contribution in [1.82, 2.24) is 15.3 Å². The van der Waals surface area contributed by atoms with E-state index in [1.165, 1.54) is 13.8 Å². The van der Waals surface area contributed by atoms with Crippen LogP contribution < -0.4 is 5.32 Å².